The Balaban J connectivity index is 1.46. The molecule has 2 unspecified atom stereocenters. The Morgan fingerprint density at radius 1 is 1.11 bits per heavy atom. The van der Waals surface area contributed by atoms with E-state index in [1.54, 1.807) is 31.2 Å². The summed E-state index contributed by atoms with van der Waals surface area (Å²) in [4.78, 5) is 24.5. The van der Waals surface area contributed by atoms with Crippen LogP contribution in [0.4, 0.5) is 0 Å². The van der Waals surface area contributed by atoms with E-state index < -0.39 is 12.0 Å². The summed E-state index contributed by atoms with van der Waals surface area (Å²) in [5.41, 5.74) is 5.85. The molecule has 0 bridgehead atoms. The summed E-state index contributed by atoms with van der Waals surface area (Å²) in [7, 11) is 0. The highest BCUT2D eigenvalue weighted by Crippen LogP contribution is 2.26. The van der Waals surface area contributed by atoms with Crippen LogP contribution in [-0.2, 0) is 16.0 Å². The van der Waals surface area contributed by atoms with Crippen molar-refractivity contribution in [1.29, 1.82) is 0 Å². The number of nitrogens with one attached hydrogen (secondary N) is 2. The minimum atomic E-state index is -0.776. The maximum absolute atomic E-state index is 12.3. The van der Waals surface area contributed by atoms with Gasteiger partial charge in [0.1, 0.15) is 23.9 Å². The van der Waals surface area contributed by atoms with Crippen LogP contribution in [-0.4, -0.2) is 31.1 Å². The number of hydrogen-bond acceptors (Lipinski definition) is 5. The van der Waals surface area contributed by atoms with Gasteiger partial charge in [-0.2, -0.15) is 0 Å². The van der Waals surface area contributed by atoms with Gasteiger partial charge in [0.2, 0.25) is 5.91 Å². The van der Waals surface area contributed by atoms with Gasteiger partial charge in [-0.25, -0.2) is 0 Å². The summed E-state index contributed by atoms with van der Waals surface area (Å²) in [6.07, 6.45) is -0.211. The lowest BCUT2D eigenvalue weighted by Gasteiger charge is -2.24. The number of carbonyl (C=O) groups is 2. The number of hydrazine groups is 1. The van der Waals surface area contributed by atoms with Gasteiger partial charge in [0.15, 0.2) is 6.10 Å². The van der Waals surface area contributed by atoms with Crippen molar-refractivity contribution in [3.05, 3.63) is 54.1 Å². The Bertz CT molecular complexity index is 822. The lowest BCUT2D eigenvalue weighted by Crippen LogP contribution is -2.50. The molecule has 1 aliphatic heterocycles. The van der Waals surface area contributed by atoms with Crippen molar-refractivity contribution < 1.29 is 23.8 Å². The first-order valence-corrected chi connectivity index (χ1v) is 9.26. The molecular weight excluding hydrogens is 360 g/mol. The molecule has 148 valence electrons. The summed E-state index contributed by atoms with van der Waals surface area (Å²) in [5, 5.41) is 0. The predicted molar refractivity (Wildman–Crippen MR) is 103 cm³/mol. The maximum atomic E-state index is 12.3. The number of rotatable bonds is 6. The molecule has 2 amide bonds. The number of hydrogen-bond donors (Lipinski definition) is 2. The highest BCUT2D eigenvalue weighted by atomic mass is 16.5. The summed E-state index contributed by atoms with van der Waals surface area (Å²) in [6, 6.07) is 14.6. The van der Waals surface area contributed by atoms with Crippen LogP contribution in [0.2, 0.25) is 0 Å². The molecule has 0 aliphatic carbocycles. The first-order valence-electron chi connectivity index (χ1n) is 9.26. The molecule has 0 spiro atoms. The van der Waals surface area contributed by atoms with E-state index in [9.17, 15) is 9.59 Å². The molecule has 0 fully saturated rings. The number of para-hydroxylation sites is 1. The van der Waals surface area contributed by atoms with E-state index in [0.717, 1.165) is 17.1 Å². The number of benzene rings is 2. The lowest BCUT2D eigenvalue weighted by molar-refractivity contribution is -0.134. The Labute approximate surface area is 164 Å². The Hall–Kier alpha value is -3.22. The zero-order valence-corrected chi connectivity index (χ0v) is 15.9. The van der Waals surface area contributed by atoms with Crippen LogP contribution in [0.25, 0.3) is 0 Å². The minimum absolute atomic E-state index is 0.275. The Morgan fingerprint density at radius 2 is 1.82 bits per heavy atom. The van der Waals surface area contributed by atoms with E-state index in [-0.39, 0.29) is 18.4 Å². The fraction of sp³-hybridized carbons (Fsp3) is 0.333. The summed E-state index contributed by atoms with van der Waals surface area (Å²) >= 11 is 0. The fourth-order valence-electron chi connectivity index (χ4n) is 2.86. The standard InChI is InChI=1S/C21H24N2O5/c1-3-26-17-8-10-18(11-9-17)28-14(2)20(24)22-23-21(25)16-12-15-6-4-5-7-19(15)27-13-16/h4-11,14,16H,3,12-13H2,1-2H3,(H,22,24)(H,23,25). The fourth-order valence-corrected chi connectivity index (χ4v) is 2.86. The second-order valence-electron chi connectivity index (χ2n) is 6.46. The molecule has 2 aromatic rings. The quantitative estimate of drug-likeness (QED) is 0.746. The van der Waals surface area contributed by atoms with Crippen LogP contribution in [0.3, 0.4) is 0 Å². The monoisotopic (exact) mass is 384 g/mol. The van der Waals surface area contributed by atoms with Crippen LogP contribution in [0.1, 0.15) is 19.4 Å². The van der Waals surface area contributed by atoms with Crippen molar-refractivity contribution in [3.63, 3.8) is 0 Å². The topological polar surface area (TPSA) is 85.9 Å². The van der Waals surface area contributed by atoms with E-state index in [2.05, 4.69) is 10.9 Å². The van der Waals surface area contributed by atoms with Gasteiger partial charge in [-0.15, -0.1) is 0 Å². The molecule has 0 radical (unpaired) electrons. The molecule has 1 heterocycles. The van der Waals surface area contributed by atoms with Crippen LogP contribution < -0.4 is 25.1 Å². The molecule has 0 saturated carbocycles. The molecule has 1 aliphatic rings. The second-order valence-corrected chi connectivity index (χ2v) is 6.46. The van der Waals surface area contributed by atoms with Crippen molar-refractivity contribution in [2.24, 2.45) is 5.92 Å². The highest BCUT2D eigenvalue weighted by molar-refractivity contribution is 5.85. The summed E-state index contributed by atoms with van der Waals surface area (Å²) < 4.78 is 16.6. The van der Waals surface area contributed by atoms with Crippen molar-refractivity contribution in [1.82, 2.24) is 10.9 Å². The highest BCUT2D eigenvalue weighted by Gasteiger charge is 2.26. The molecule has 7 heteroatoms. The Morgan fingerprint density at radius 3 is 2.57 bits per heavy atom. The van der Waals surface area contributed by atoms with Gasteiger partial charge in [-0.05, 0) is 56.2 Å². The van der Waals surface area contributed by atoms with Gasteiger partial charge < -0.3 is 14.2 Å². The zero-order valence-electron chi connectivity index (χ0n) is 15.9. The summed E-state index contributed by atoms with van der Waals surface area (Å²) in [6.45, 7) is 4.37. The van der Waals surface area contributed by atoms with E-state index in [0.29, 0.717) is 18.8 Å². The molecule has 2 aromatic carbocycles. The van der Waals surface area contributed by atoms with Crippen molar-refractivity contribution in [2.75, 3.05) is 13.2 Å². The normalized spacial score (nSPS) is 16.1. The number of carbonyl (C=O) groups excluding carboxylic acids is 2. The van der Waals surface area contributed by atoms with Gasteiger partial charge >= 0.3 is 0 Å². The maximum Gasteiger partial charge on any atom is 0.279 e. The predicted octanol–water partition coefficient (Wildman–Crippen LogP) is 2.25. The van der Waals surface area contributed by atoms with E-state index in [1.807, 2.05) is 31.2 Å². The van der Waals surface area contributed by atoms with Crippen molar-refractivity contribution in [3.8, 4) is 17.2 Å². The third kappa shape index (κ3) is 4.94. The average molecular weight is 384 g/mol. The largest absolute Gasteiger partial charge is 0.494 e. The third-order valence-corrected chi connectivity index (χ3v) is 4.38. The molecule has 2 atom stereocenters. The number of amides is 2. The van der Waals surface area contributed by atoms with Crippen molar-refractivity contribution in [2.45, 2.75) is 26.4 Å². The lowest BCUT2D eigenvalue weighted by atomic mass is 9.96. The third-order valence-electron chi connectivity index (χ3n) is 4.38. The van der Waals surface area contributed by atoms with Crippen LogP contribution in [0.15, 0.2) is 48.5 Å². The first-order chi connectivity index (χ1) is 13.6. The van der Waals surface area contributed by atoms with Crippen LogP contribution in [0, 0.1) is 5.92 Å². The number of ether oxygens (including phenoxy) is 3. The molecule has 0 saturated heterocycles. The van der Waals surface area contributed by atoms with Gasteiger partial charge in [0.25, 0.3) is 5.91 Å². The van der Waals surface area contributed by atoms with Gasteiger partial charge in [0, 0.05) is 0 Å². The smallest absolute Gasteiger partial charge is 0.279 e. The molecule has 3 rings (SSSR count). The molecule has 0 aromatic heterocycles. The van der Waals surface area contributed by atoms with E-state index in [4.69, 9.17) is 14.2 Å². The SMILES string of the molecule is CCOc1ccc(OC(C)C(=O)NNC(=O)C2COc3ccccc3C2)cc1. The average Bonchev–Trinajstić information content (AvgIpc) is 2.73. The van der Waals surface area contributed by atoms with Crippen LogP contribution in [0.5, 0.6) is 17.2 Å². The number of fused-ring (bicyclic) bond motifs is 1. The van der Waals surface area contributed by atoms with Crippen LogP contribution >= 0.6 is 0 Å². The van der Waals surface area contributed by atoms with Crippen molar-refractivity contribution >= 4 is 11.8 Å². The van der Waals surface area contributed by atoms with Gasteiger partial charge in [-0.3, -0.25) is 20.4 Å². The molecule has 2 N–H and O–H groups in total. The first kappa shape index (κ1) is 19.5. The molecule has 7 nitrogen and oxygen atoms in total. The van der Waals surface area contributed by atoms with E-state index in [1.165, 1.54) is 0 Å². The second kappa shape index (κ2) is 9.12. The summed E-state index contributed by atoms with van der Waals surface area (Å²) in [5.74, 6) is 0.964. The molecular formula is C21H24N2O5. The minimum Gasteiger partial charge on any atom is -0.494 e. The molecule has 28 heavy (non-hydrogen) atoms. The van der Waals surface area contributed by atoms with Gasteiger partial charge in [-0.1, -0.05) is 18.2 Å². The van der Waals surface area contributed by atoms with E-state index >= 15 is 0 Å². The van der Waals surface area contributed by atoms with Gasteiger partial charge in [0.05, 0.1) is 12.5 Å². The Kier molecular flexibility index (Phi) is 6.37. The zero-order chi connectivity index (χ0) is 19.9.